The summed E-state index contributed by atoms with van der Waals surface area (Å²) in [4.78, 5) is 12.7. The van der Waals surface area contributed by atoms with Crippen LogP contribution in [0.4, 0.5) is 5.69 Å². The molecule has 1 aliphatic rings. The smallest absolute Gasteiger partial charge is 0.251 e. The molecule has 3 N–H and O–H groups in total. The second kappa shape index (κ2) is 7.64. The summed E-state index contributed by atoms with van der Waals surface area (Å²) in [6.45, 7) is 0.311. The number of fused-ring (bicyclic) bond motifs is 2. The highest BCUT2D eigenvalue weighted by Crippen LogP contribution is 2.31. The van der Waals surface area contributed by atoms with Crippen LogP contribution in [0.3, 0.4) is 0 Å². The van der Waals surface area contributed by atoms with Crippen LogP contribution in [0.25, 0.3) is 0 Å². The van der Waals surface area contributed by atoms with Crippen LogP contribution in [-0.2, 0) is 13.0 Å². The van der Waals surface area contributed by atoms with Crippen molar-refractivity contribution in [2.24, 2.45) is 0 Å². The van der Waals surface area contributed by atoms with Crippen molar-refractivity contribution in [3.8, 4) is 0 Å². The average Bonchev–Trinajstić information content (AvgIpc) is 2.88. The molecule has 0 aliphatic carbocycles. The van der Waals surface area contributed by atoms with Gasteiger partial charge in [-0.25, -0.2) is 0 Å². The Bertz CT molecular complexity index is 968. The van der Waals surface area contributed by atoms with E-state index in [0.717, 1.165) is 12.1 Å². The predicted molar refractivity (Wildman–Crippen MR) is 107 cm³/mol. The van der Waals surface area contributed by atoms with Crippen molar-refractivity contribution in [3.05, 3.63) is 101 Å². The second-order valence-electron chi connectivity index (χ2n) is 6.75. The lowest BCUT2D eigenvalue weighted by molar-refractivity contribution is 0.0949. The fraction of sp³-hybridized carbons (Fsp3) is 0.174. The zero-order chi connectivity index (χ0) is 18.6. The number of para-hydroxylation sites is 1. The minimum absolute atomic E-state index is 0.0184. The summed E-state index contributed by atoms with van der Waals surface area (Å²) in [7, 11) is 0. The highest BCUT2D eigenvalue weighted by Gasteiger charge is 2.22. The van der Waals surface area contributed by atoms with Crippen LogP contribution in [0.2, 0.25) is 0 Å². The van der Waals surface area contributed by atoms with Gasteiger partial charge in [-0.05, 0) is 40.8 Å². The topological polar surface area (TPSA) is 61.4 Å². The molecule has 0 radical (unpaired) electrons. The molecule has 0 saturated carbocycles. The van der Waals surface area contributed by atoms with E-state index >= 15 is 0 Å². The summed E-state index contributed by atoms with van der Waals surface area (Å²) in [5, 5.41) is 16.1. The van der Waals surface area contributed by atoms with Gasteiger partial charge in [0.05, 0.1) is 12.6 Å². The van der Waals surface area contributed by atoms with E-state index in [1.54, 1.807) is 12.1 Å². The molecule has 3 aromatic carbocycles. The lowest BCUT2D eigenvalue weighted by Crippen LogP contribution is -2.32. The number of amides is 1. The van der Waals surface area contributed by atoms with Gasteiger partial charge in [-0.15, -0.1) is 0 Å². The molecule has 1 unspecified atom stereocenters. The number of carbonyl (C=O) groups excluding carboxylic acids is 1. The Hall–Kier alpha value is -3.11. The predicted octanol–water partition coefficient (Wildman–Crippen LogP) is 3.67. The monoisotopic (exact) mass is 358 g/mol. The van der Waals surface area contributed by atoms with Gasteiger partial charge in [0.25, 0.3) is 5.91 Å². The van der Waals surface area contributed by atoms with E-state index in [9.17, 15) is 9.90 Å². The summed E-state index contributed by atoms with van der Waals surface area (Å²) in [5.41, 5.74) is 5.97. The van der Waals surface area contributed by atoms with Crippen molar-refractivity contribution in [1.82, 2.24) is 5.32 Å². The van der Waals surface area contributed by atoms with Gasteiger partial charge in [-0.1, -0.05) is 60.7 Å². The van der Waals surface area contributed by atoms with Crippen molar-refractivity contribution < 1.29 is 9.90 Å². The number of anilines is 1. The molecule has 0 bridgehead atoms. The van der Waals surface area contributed by atoms with Crippen LogP contribution in [0, 0.1) is 0 Å². The molecule has 0 saturated heterocycles. The van der Waals surface area contributed by atoms with Crippen LogP contribution in [-0.4, -0.2) is 17.6 Å². The first kappa shape index (κ1) is 17.3. The molecule has 0 spiro atoms. The number of rotatable bonds is 4. The van der Waals surface area contributed by atoms with E-state index in [-0.39, 0.29) is 18.6 Å². The molecule has 1 amide bonds. The molecular formula is C23H22N2O2. The highest BCUT2D eigenvalue weighted by atomic mass is 16.3. The third-order valence-electron chi connectivity index (χ3n) is 5.06. The Morgan fingerprint density at radius 1 is 0.963 bits per heavy atom. The molecule has 4 nitrogen and oxygen atoms in total. The van der Waals surface area contributed by atoms with E-state index in [4.69, 9.17) is 0 Å². The molecule has 136 valence electrons. The molecular weight excluding hydrogens is 336 g/mol. The molecule has 1 heterocycles. The van der Waals surface area contributed by atoms with Crippen molar-refractivity contribution in [2.45, 2.75) is 19.1 Å². The Kier molecular flexibility index (Phi) is 4.90. The van der Waals surface area contributed by atoms with Crippen molar-refractivity contribution in [3.63, 3.8) is 0 Å². The molecule has 1 atom stereocenters. The molecule has 4 rings (SSSR count). The maximum atomic E-state index is 12.7. The van der Waals surface area contributed by atoms with Gasteiger partial charge in [0.2, 0.25) is 0 Å². The average molecular weight is 358 g/mol. The summed E-state index contributed by atoms with van der Waals surface area (Å²) in [6.07, 6.45) is 0.872. The van der Waals surface area contributed by atoms with E-state index in [1.807, 2.05) is 24.3 Å². The van der Waals surface area contributed by atoms with Gasteiger partial charge in [-0.2, -0.15) is 0 Å². The maximum absolute atomic E-state index is 12.7. The highest BCUT2D eigenvalue weighted by molar-refractivity contribution is 5.95. The molecule has 27 heavy (non-hydrogen) atoms. The van der Waals surface area contributed by atoms with Gasteiger partial charge >= 0.3 is 0 Å². The Balaban J connectivity index is 1.58. The number of aliphatic hydroxyl groups excluding tert-OH is 1. The lowest BCUT2D eigenvalue weighted by atomic mass is 9.97. The zero-order valence-corrected chi connectivity index (χ0v) is 15.0. The number of nitrogens with one attached hydrogen (secondary N) is 2. The number of aliphatic hydroxyl groups is 1. The quantitative estimate of drug-likeness (QED) is 0.667. The van der Waals surface area contributed by atoms with E-state index < -0.39 is 0 Å². The van der Waals surface area contributed by atoms with Gasteiger partial charge in [-0.3, -0.25) is 4.79 Å². The SMILES string of the molecule is O=C(NCC1Nc2ccccc2Cc2ccccc21)c1ccccc1CO. The molecule has 4 heteroatoms. The zero-order valence-electron chi connectivity index (χ0n) is 15.0. The summed E-state index contributed by atoms with van der Waals surface area (Å²) >= 11 is 0. The van der Waals surface area contributed by atoms with Crippen LogP contribution in [0.5, 0.6) is 0 Å². The first-order valence-corrected chi connectivity index (χ1v) is 9.15. The molecule has 0 fully saturated rings. The minimum atomic E-state index is -0.170. The third-order valence-corrected chi connectivity index (χ3v) is 5.06. The largest absolute Gasteiger partial charge is 0.392 e. The summed E-state index contributed by atoms with van der Waals surface area (Å²) in [6, 6.07) is 23.8. The standard InChI is InChI=1S/C23H22N2O2/c26-15-18-9-2-5-11-20(18)23(27)24-14-22-19-10-4-1-7-16(19)13-17-8-3-6-12-21(17)25-22/h1-12,22,25-26H,13-15H2,(H,24,27). The third kappa shape index (κ3) is 3.57. The number of benzene rings is 3. The van der Waals surface area contributed by atoms with Gasteiger partial charge in [0.15, 0.2) is 0 Å². The number of hydrogen-bond acceptors (Lipinski definition) is 3. The second-order valence-corrected chi connectivity index (χ2v) is 6.75. The fourth-order valence-electron chi connectivity index (χ4n) is 3.65. The lowest BCUT2D eigenvalue weighted by Gasteiger charge is -2.21. The fourth-order valence-corrected chi connectivity index (χ4v) is 3.65. The van der Waals surface area contributed by atoms with Crippen LogP contribution < -0.4 is 10.6 Å². The van der Waals surface area contributed by atoms with Crippen molar-refractivity contribution in [1.29, 1.82) is 0 Å². The molecule has 3 aromatic rings. The van der Waals surface area contributed by atoms with Gasteiger partial charge < -0.3 is 15.7 Å². The summed E-state index contributed by atoms with van der Waals surface area (Å²) < 4.78 is 0. The first-order chi connectivity index (χ1) is 13.3. The van der Waals surface area contributed by atoms with Gasteiger partial charge in [0.1, 0.15) is 0 Å². The normalized spacial score (nSPS) is 15.1. The van der Waals surface area contributed by atoms with E-state index in [0.29, 0.717) is 17.7 Å². The molecule has 0 aromatic heterocycles. The van der Waals surface area contributed by atoms with Gasteiger partial charge in [0, 0.05) is 17.8 Å². The number of carbonyl (C=O) groups is 1. The Morgan fingerprint density at radius 2 is 1.67 bits per heavy atom. The summed E-state index contributed by atoms with van der Waals surface area (Å²) in [5.74, 6) is -0.170. The molecule has 1 aliphatic heterocycles. The minimum Gasteiger partial charge on any atom is -0.392 e. The Morgan fingerprint density at radius 3 is 2.52 bits per heavy atom. The van der Waals surface area contributed by atoms with Crippen LogP contribution in [0.1, 0.15) is 38.7 Å². The van der Waals surface area contributed by atoms with Crippen LogP contribution >= 0.6 is 0 Å². The maximum Gasteiger partial charge on any atom is 0.251 e. The Labute approximate surface area is 158 Å². The van der Waals surface area contributed by atoms with E-state index in [1.165, 1.54) is 16.7 Å². The van der Waals surface area contributed by atoms with Crippen molar-refractivity contribution >= 4 is 11.6 Å². The van der Waals surface area contributed by atoms with Crippen LogP contribution in [0.15, 0.2) is 72.8 Å². The first-order valence-electron chi connectivity index (χ1n) is 9.15. The van der Waals surface area contributed by atoms with Crippen molar-refractivity contribution in [2.75, 3.05) is 11.9 Å². The number of hydrogen-bond donors (Lipinski definition) is 3. The van der Waals surface area contributed by atoms with E-state index in [2.05, 4.69) is 47.0 Å².